The highest BCUT2D eigenvalue weighted by atomic mass is 79.9. The second-order valence-corrected chi connectivity index (χ2v) is 7.64. The fourth-order valence-corrected chi connectivity index (χ4v) is 3.67. The first-order valence-corrected chi connectivity index (χ1v) is 7.79. The van der Waals surface area contributed by atoms with E-state index in [1.807, 2.05) is 11.8 Å². The Labute approximate surface area is 120 Å². The highest BCUT2D eigenvalue weighted by Crippen LogP contribution is 2.52. The largest absolute Gasteiger partial charge is 0.481 e. The zero-order valence-corrected chi connectivity index (χ0v) is 13.0. The lowest BCUT2D eigenvalue weighted by Gasteiger charge is -2.15. The Morgan fingerprint density at radius 3 is 2.61 bits per heavy atom. The van der Waals surface area contributed by atoms with Gasteiger partial charge in [0.25, 0.3) is 0 Å². The van der Waals surface area contributed by atoms with Gasteiger partial charge >= 0.3 is 5.97 Å². The average Bonchev–Trinajstić information content (AvgIpc) is 3.00. The van der Waals surface area contributed by atoms with Crippen molar-refractivity contribution in [3.63, 3.8) is 0 Å². The third-order valence-electron chi connectivity index (χ3n) is 3.25. The van der Waals surface area contributed by atoms with E-state index >= 15 is 0 Å². The molecule has 1 N–H and O–H groups in total. The number of rotatable bonds is 5. The number of carbonyl (C=O) groups is 1. The summed E-state index contributed by atoms with van der Waals surface area (Å²) in [5.41, 5.74) is 1.06. The summed E-state index contributed by atoms with van der Waals surface area (Å²) in [6.45, 7) is 4.33. The van der Waals surface area contributed by atoms with Crippen molar-refractivity contribution in [1.29, 1.82) is 0 Å². The Kier molecular flexibility index (Phi) is 4.07. The minimum atomic E-state index is -0.704. The van der Waals surface area contributed by atoms with Crippen molar-refractivity contribution in [2.45, 2.75) is 48.7 Å². The van der Waals surface area contributed by atoms with Gasteiger partial charge in [-0.2, -0.15) is 0 Å². The number of carboxylic acids is 1. The zero-order chi connectivity index (χ0) is 13.3. The molecule has 0 saturated heterocycles. The van der Waals surface area contributed by atoms with Gasteiger partial charge in [-0.3, -0.25) is 4.79 Å². The Morgan fingerprint density at radius 2 is 2.17 bits per heavy atom. The summed E-state index contributed by atoms with van der Waals surface area (Å²) < 4.78 is 1.08. The Morgan fingerprint density at radius 1 is 1.50 bits per heavy atom. The normalized spacial score (nSPS) is 16.9. The van der Waals surface area contributed by atoms with Gasteiger partial charge in [0.05, 0.1) is 6.42 Å². The molecule has 2 rings (SSSR count). The first-order valence-electron chi connectivity index (χ1n) is 6.11. The van der Waals surface area contributed by atoms with Crippen LogP contribution < -0.4 is 0 Å². The maximum atomic E-state index is 10.9. The van der Waals surface area contributed by atoms with Gasteiger partial charge in [-0.15, -0.1) is 11.8 Å². The van der Waals surface area contributed by atoms with Crippen LogP contribution in [0.3, 0.4) is 0 Å². The van der Waals surface area contributed by atoms with Gasteiger partial charge in [-0.1, -0.05) is 19.9 Å². The highest BCUT2D eigenvalue weighted by molar-refractivity contribution is 9.10. The molecule has 0 spiro atoms. The van der Waals surface area contributed by atoms with Crippen LogP contribution in [0, 0.1) is 0 Å². The third-order valence-corrected chi connectivity index (χ3v) is 5.25. The summed E-state index contributed by atoms with van der Waals surface area (Å²) in [6.07, 6.45) is 2.22. The maximum Gasteiger partial charge on any atom is 0.304 e. The van der Waals surface area contributed by atoms with Crippen LogP contribution in [0.25, 0.3) is 0 Å². The van der Waals surface area contributed by atoms with E-state index < -0.39 is 5.97 Å². The fraction of sp³-hybridized carbons (Fsp3) is 0.500. The van der Waals surface area contributed by atoms with E-state index in [1.54, 1.807) is 0 Å². The van der Waals surface area contributed by atoms with Crippen molar-refractivity contribution in [3.8, 4) is 0 Å². The summed E-state index contributed by atoms with van der Waals surface area (Å²) in [7, 11) is 0. The molecule has 1 fully saturated rings. The first-order chi connectivity index (χ1) is 8.43. The van der Waals surface area contributed by atoms with Gasteiger partial charge in [0.1, 0.15) is 0 Å². The Hall–Kier alpha value is -0.480. The molecular formula is C14H17BrO2S. The molecule has 1 saturated carbocycles. The van der Waals surface area contributed by atoms with Crippen LogP contribution in [0.2, 0.25) is 0 Å². The van der Waals surface area contributed by atoms with Gasteiger partial charge in [-0.25, -0.2) is 0 Å². The van der Waals surface area contributed by atoms with E-state index in [1.165, 1.54) is 4.90 Å². The number of carboxylic acid groups (broad SMARTS) is 1. The molecule has 0 aliphatic heterocycles. The minimum Gasteiger partial charge on any atom is -0.481 e. The van der Waals surface area contributed by atoms with Crippen LogP contribution in [0.15, 0.2) is 27.6 Å². The highest BCUT2D eigenvalue weighted by Gasteiger charge is 2.46. The third kappa shape index (κ3) is 3.09. The Bertz CT molecular complexity index is 467. The van der Waals surface area contributed by atoms with Crippen LogP contribution in [0.4, 0.5) is 0 Å². The maximum absolute atomic E-state index is 10.9. The molecule has 0 radical (unpaired) electrons. The van der Waals surface area contributed by atoms with E-state index in [9.17, 15) is 4.79 Å². The number of halogens is 1. The summed E-state index contributed by atoms with van der Waals surface area (Å²) in [6, 6.07) is 6.29. The lowest BCUT2D eigenvalue weighted by molar-refractivity contribution is -0.137. The molecule has 18 heavy (non-hydrogen) atoms. The van der Waals surface area contributed by atoms with Crippen molar-refractivity contribution >= 4 is 33.7 Å². The van der Waals surface area contributed by atoms with E-state index in [4.69, 9.17) is 5.11 Å². The topological polar surface area (TPSA) is 37.3 Å². The second-order valence-electron chi connectivity index (χ2n) is 5.16. The van der Waals surface area contributed by atoms with Crippen molar-refractivity contribution in [3.05, 3.63) is 28.2 Å². The lowest BCUT2D eigenvalue weighted by Crippen LogP contribution is -2.12. The van der Waals surface area contributed by atoms with Crippen molar-refractivity contribution < 1.29 is 9.90 Å². The van der Waals surface area contributed by atoms with E-state index in [0.29, 0.717) is 5.25 Å². The van der Waals surface area contributed by atoms with Crippen LogP contribution in [0.5, 0.6) is 0 Å². The smallest absolute Gasteiger partial charge is 0.304 e. The van der Waals surface area contributed by atoms with E-state index in [0.717, 1.165) is 22.9 Å². The van der Waals surface area contributed by atoms with Gasteiger partial charge in [-0.05, 0) is 46.5 Å². The number of thioether (sulfide) groups is 1. The predicted octanol–water partition coefficient (Wildman–Crippen LogP) is 4.46. The molecule has 1 aromatic rings. The fourth-order valence-electron chi connectivity index (χ4n) is 2.19. The van der Waals surface area contributed by atoms with Gasteiger partial charge in [0.15, 0.2) is 0 Å². The van der Waals surface area contributed by atoms with Crippen LogP contribution in [-0.2, 0) is 10.2 Å². The molecule has 98 valence electrons. The monoisotopic (exact) mass is 328 g/mol. The summed E-state index contributed by atoms with van der Waals surface area (Å²) in [5, 5.41) is 9.52. The molecule has 0 unspecified atom stereocenters. The predicted molar refractivity (Wildman–Crippen MR) is 78.3 cm³/mol. The molecule has 0 heterocycles. The molecule has 0 aromatic heterocycles. The standard InChI is InChI=1S/C14H17BrO2S/c1-9(2)18-12-4-3-10(7-11(12)15)14(5-6-14)8-13(16)17/h3-4,7,9H,5-6,8H2,1-2H3,(H,16,17). The quantitative estimate of drug-likeness (QED) is 0.811. The second kappa shape index (κ2) is 5.25. The number of hydrogen-bond donors (Lipinski definition) is 1. The van der Waals surface area contributed by atoms with Crippen molar-refractivity contribution in [2.75, 3.05) is 0 Å². The number of benzene rings is 1. The summed E-state index contributed by atoms with van der Waals surface area (Å²) >= 11 is 5.41. The Balaban J connectivity index is 2.21. The van der Waals surface area contributed by atoms with E-state index in [-0.39, 0.29) is 11.8 Å². The molecule has 4 heteroatoms. The molecule has 1 aliphatic rings. The van der Waals surface area contributed by atoms with Crippen LogP contribution >= 0.6 is 27.7 Å². The summed E-state index contributed by atoms with van der Waals surface area (Å²) in [4.78, 5) is 12.1. The van der Waals surface area contributed by atoms with Crippen LogP contribution in [0.1, 0.15) is 38.7 Å². The average molecular weight is 329 g/mol. The molecule has 1 aromatic carbocycles. The number of aliphatic carboxylic acids is 1. The van der Waals surface area contributed by atoms with Gasteiger partial charge in [0.2, 0.25) is 0 Å². The molecular weight excluding hydrogens is 312 g/mol. The molecule has 0 atom stereocenters. The van der Waals surface area contributed by atoms with Crippen molar-refractivity contribution in [2.24, 2.45) is 0 Å². The summed E-state index contributed by atoms with van der Waals surface area (Å²) in [5.74, 6) is -0.704. The molecule has 2 nitrogen and oxygen atoms in total. The first kappa shape index (κ1) is 13.9. The van der Waals surface area contributed by atoms with Crippen molar-refractivity contribution in [1.82, 2.24) is 0 Å². The zero-order valence-electron chi connectivity index (χ0n) is 10.6. The van der Waals surface area contributed by atoms with E-state index in [2.05, 4.69) is 48.0 Å². The minimum absolute atomic E-state index is 0.102. The molecule has 0 bridgehead atoms. The lowest BCUT2D eigenvalue weighted by atomic mass is 9.93. The van der Waals surface area contributed by atoms with Gasteiger partial charge < -0.3 is 5.11 Å². The van der Waals surface area contributed by atoms with Crippen LogP contribution in [-0.4, -0.2) is 16.3 Å². The molecule has 0 amide bonds. The SMILES string of the molecule is CC(C)Sc1ccc(C2(CC(=O)O)CC2)cc1Br. The number of hydrogen-bond acceptors (Lipinski definition) is 2. The van der Waals surface area contributed by atoms with Gasteiger partial charge in [0, 0.05) is 20.0 Å². The molecule has 1 aliphatic carbocycles.